The summed E-state index contributed by atoms with van der Waals surface area (Å²) in [5, 5.41) is 0. The van der Waals surface area contributed by atoms with Crippen LogP contribution in [0.5, 0.6) is 0 Å². The van der Waals surface area contributed by atoms with Gasteiger partial charge in [0.05, 0.1) is 24.0 Å². The number of benzene rings is 2. The minimum absolute atomic E-state index is 0.105. The van der Waals surface area contributed by atoms with Crippen LogP contribution in [0.1, 0.15) is 50.3 Å². The van der Waals surface area contributed by atoms with Gasteiger partial charge in [-0.05, 0) is 88.8 Å². The molecular weight excluding hydrogens is 495 g/mol. The molecule has 2 aromatic rings. The van der Waals surface area contributed by atoms with Crippen LogP contribution in [-0.2, 0) is 30.8 Å². The first-order valence-corrected chi connectivity index (χ1v) is 14.4. The van der Waals surface area contributed by atoms with Crippen molar-refractivity contribution in [3.8, 4) is 0 Å². The van der Waals surface area contributed by atoms with Gasteiger partial charge in [0.15, 0.2) is 0 Å². The minimum atomic E-state index is -3.66. The first-order chi connectivity index (χ1) is 17.1. The second-order valence-corrected chi connectivity index (χ2v) is 12.8. The van der Waals surface area contributed by atoms with Gasteiger partial charge in [0, 0.05) is 24.1 Å². The molecule has 0 spiro atoms. The average Bonchev–Trinajstić information content (AvgIpc) is 3.63. The van der Waals surface area contributed by atoms with E-state index >= 15 is 0 Å². The number of amides is 1. The lowest BCUT2D eigenvalue weighted by Crippen LogP contribution is -2.39. The molecule has 1 saturated carbocycles. The van der Waals surface area contributed by atoms with Crippen LogP contribution >= 0.6 is 0 Å². The quantitative estimate of drug-likeness (QED) is 0.435. The molecule has 1 aliphatic carbocycles. The van der Waals surface area contributed by atoms with Crippen molar-refractivity contribution in [3.05, 3.63) is 58.9 Å². The van der Waals surface area contributed by atoms with E-state index in [1.54, 1.807) is 25.7 Å². The van der Waals surface area contributed by atoms with Gasteiger partial charge < -0.3 is 9.64 Å². The van der Waals surface area contributed by atoms with E-state index in [0.717, 1.165) is 30.2 Å². The number of aryl methyl sites for hydroxylation is 2. The highest BCUT2D eigenvalue weighted by molar-refractivity contribution is 7.92. The minimum Gasteiger partial charge on any atom is -0.465 e. The van der Waals surface area contributed by atoms with Crippen molar-refractivity contribution in [2.75, 3.05) is 29.0 Å². The van der Waals surface area contributed by atoms with E-state index in [2.05, 4.69) is 10.8 Å². The monoisotopic (exact) mass is 532 g/mol. The third-order valence-electron chi connectivity index (χ3n) is 6.35. The van der Waals surface area contributed by atoms with Crippen molar-refractivity contribution in [1.82, 2.24) is 0 Å². The highest BCUT2D eigenvalue weighted by Gasteiger charge is 2.36. The number of nitrogens with one attached hydrogen (secondary N) is 1. The van der Waals surface area contributed by atoms with Crippen LogP contribution in [0, 0.1) is 36.9 Å². The van der Waals surface area contributed by atoms with Crippen molar-refractivity contribution >= 4 is 33.3 Å². The lowest BCUT2D eigenvalue weighted by Gasteiger charge is -2.29. The molecule has 1 aliphatic rings. The molecule has 1 atom stereocenters. The Balaban J connectivity index is 1.91. The molecule has 0 saturated heterocycles. The SMILES string of the molecule is Cc1ccc(CC(COC(=O)C(C)(C)C)CN(C(=O)C2CC2)c2ccc(NS(C)(=O)=O)c(F)c2)cc1C. The van der Waals surface area contributed by atoms with Crippen LogP contribution in [-0.4, -0.2) is 39.7 Å². The molecule has 0 bridgehead atoms. The predicted molar refractivity (Wildman–Crippen MR) is 143 cm³/mol. The van der Waals surface area contributed by atoms with Crippen molar-refractivity contribution < 1.29 is 27.1 Å². The standard InChI is InChI=1S/C28H37FN2O5S/c1-18-7-8-20(13-19(18)2)14-21(17-36-27(33)28(3,4)5)16-31(26(32)22-9-10-22)23-11-12-25(24(29)15-23)30-37(6,34)35/h7-8,11-13,15,21-22,30H,9-10,14,16-17H2,1-6H3. The molecule has 0 heterocycles. The summed E-state index contributed by atoms with van der Waals surface area (Å²) in [6.07, 6.45) is 3.04. The maximum Gasteiger partial charge on any atom is 0.311 e. The van der Waals surface area contributed by atoms with Crippen molar-refractivity contribution in [3.63, 3.8) is 0 Å². The van der Waals surface area contributed by atoms with E-state index in [1.165, 1.54) is 23.8 Å². The van der Waals surface area contributed by atoms with Crippen LogP contribution in [0.25, 0.3) is 0 Å². The van der Waals surface area contributed by atoms with Gasteiger partial charge in [-0.2, -0.15) is 0 Å². The zero-order valence-corrected chi connectivity index (χ0v) is 23.2. The van der Waals surface area contributed by atoms with Crippen molar-refractivity contribution in [2.24, 2.45) is 17.3 Å². The van der Waals surface area contributed by atoms with Crippen LogP contribution in [0.4, 0.5) is 15.8 Å². The summed E-state index contributed by atoms with van der Waals surface area (Å²) < 4.78 is 45.8. The first kappa shape index (κ1) is 28.6. The van der Waals surface area contributed by atoms with E-state index in [-0.39, 0.29) is 42.6 Å². The zero-order valence-electron chi connectivity index (χ0n) is 22.4. The number of hydrogen-bond acceptors (Lipinski definition) is 5. The molecule has 7 nitrogen and oxygen atoms in total. The number of carbonyl (C=O) groups is 2. The Hall–Kier alpha value is -2.94. The number of hydrogen-bond donors (Lipinski definition) is 1. The molecule has 1 fully saturated rings. The van der Waals surface area contributed by atoms with E-state index in [0.29, 0.717) is 12.1 Å². The Bertz CT molecular complexity index is 1270. The smallest absolute Gasteiger partial charge is 0.311 e. The lowest BCUT2D eigenvalue weighted by atomic mass is 9.95. The van der Waals surface area contributed by atoms with Crippen molar-refractivity contribution in [2.45, 2.75) is 53.9 Å². The Morgan fingerprint density at radius 3 is 2.32 bits per heavy atom. The van der Waals surface area contributed by atoms with Gasteiger partial charge in [-0.15, -0.1) is 0 Å². The Morgan fingerprint density at radius 2 is 1.78 bits per heavy atom. The molecule has 1 unspecified atom stereocenters. The van der Waals surface area contributed by atoms with Crippen molar-refractivity contribution in [1.29, 1.82) is 0 Å². The summed E-state index contributed by atoms with van der Waals surface area (Å²) >= 11 is 0. The Labute approximate surface area is 219 Å². The maximum atomic E-state index is 14.8. The number of esters is 1. The van der Waals surface area contributed by atoms with Gasteiger partial charge in [0.2, 0.25) is 15.9 Å². The van der Waals surface area contributed by atoms with Gasteiger partial charge in [-0.1, -0.05) is 18.2 Å². The predicted octanol–water partition coefficient (Wildman–Crippen LogP) is 5.01. The van der Waals surface area contributed by atoms with Gasteiger partial charge >= 0.3 is 5.97 Å². The topological polar surface area (TPSA) is 92.8 Å². The van der Waals surface area contributed by atoms with Gasteiger partial charge in [0.1, 0.15) is 5.82 Å². The fourth-order valence-corrected chi connectivity index (χ4v) is 4.50. The number of halogens is 1. The van der Waals surface area contributed by atoms with Gasteiger partial charge in [0.25, 0.3) is 0 Å². The summed E-state index contributed by atoms with van der Waals surface area (Å²) in [6.45, 7) is 9.74. The number of sulfonamides is 1. The number of carbonyl (C=O) groups excluding carboxylic acids is 2. The second-order valence-electron chi connectivity index (χ2n) is 11.1. The number of nitrogens with zero attached hydrogens (tertiary/aromatic N) is 1. The molecule has 1 N–H and O–H groups in total. The van der Waals surface area contributed by atoms with E-state index in [1.807, 2.05) is 26.0 Å². The van der Waals surface area contributed by atoms with Crippen LogP contribution in [0.2, 0.25) is 0 Å². The normalized spacial score (nSPS) is 14.7. The van der Waals surface area contributed by atoms with Gasteiger partial charge in [-0.3, -0.25) is 14.3 Å². The van der Waals surface area contributed by atoms with E-state index < -0.39 is 21.3 Å². The molecule has 202 valence electrons. The fraction of sp³-hybridized carbons (Fsp3) is 0.500. The largest absolute Gasteiger partial charge is 0.465 e. The lowest BCUT2D eigenvalue weighted by molar-refractivity contribution is -0.154. The molecule has 1 amide bonds. The molecule has 0 aliphatic heterocycles. The Morgan fingerprint density at radius 1 is 1.11 bits per heavy atom. The number of rotatable bonds is 10. The van der Waals surface area contributed by atoms with Gasteiger partial charge in [-0.25, -0.2) is 12.8 Å². The summed E-state index contributed by atoms with van der Waals surface area (Å²) in [5.41, 5.74) is 2.85. The molecule has 3 rings (SSSR count). The molecule has 9 heteroatoms. The summed E-state index contributed by atoms with van der Waals surface area (Å²) in [7, 11) is -3.66. The molecule has 37 heavy (non-hydrogen) atoms. The highest BCUT2D eigenvalue weighted by atomic mass is 32.2. The second kappa shape index (κ2) is 11.2. The summed E-state index contributed by atoms with van der Waals surface area (Å²) in [4.78, 5) is 27.4. The third kappa shape index (κ3) is 8.28. The number of anilines is 2. The van der Waals surface area contributed by atoms with Crippen LogP contribution < -0.4 is 9.62 Å². The molecule has 2 aromatic carbocycles. The fourth-order valence-electron chi connectivity index (χ4n) is 3.94. The molecule has 0 aromatic heterocycles. The summed E-state index contributed by atoms with van der Waals surface area (Å²) in [6, 6.07) is 10.2. The number of ether oxygens (including phenoxy) is 1. The van der Waals surface area contributed by atoms with Crippen LogP contribution in [0.15, 0.2) is 36.4 Å². The van der Waals surface area contributed by atoms with E-state index in [9.17, 15) is 22.4 Å². The zero-order chi connectivity index (χ0) is 27.5. The first-order valence-electron chi connectivity index (χ1n) is 12.5. The summed E-state index contributed by atoms with van der Waals surface area (Å²) in [5.74, 6) is -1.60. The van der Waals surface area contributed by atoms with Crippen LogP contribution in [0.3, 0.4) is 0 Å². The maximum absolute atomic E-state index is 14.8. The average molecular weight is 533 g/mol. The third-order valence-corrected chi connectivity index (χ3v) is 6.94. The highest BCUT2D eigenvalue weighted by Crippen LogP contribution is 2.34. The van der Waals surface area contributed by atoms with E-state index in [4.69, 9.17) is 4.74 Å². The Kier molecular flexibility index (Phi) is 8.67. The molecule has 0 radical (unpaired) electrons. The molecular formula is C28H37FN2O5S.